The van der Waals surface area contributed by atoms with Gasteiger partial charge in [-0.15, -0.1) is 0 Å². The normalized spacial score (nSPS) is 17.2. The van der Waals surface area contributed by atoms with E-state index >= 15 is 0 Å². The van der Waals surface area contributed by atoms with E-state index < -0.39 is 28.9 Å². The number of ether oxygens (including phenoxy) is 1. The molecule has 0 N–H and O–H groups in total. The third-order valence-corrected chi connectivity index (χ3v) is 5.86. The first-order chi connectivity index (χ1) is 16.1. The third kappa shape index (κ3) is 4.57. The van der Waals surface area contributed by atoms with Crippen LogP contribution in [0.1, 0.15) is 37.1 Å². The Hall–Kier alpha value is -3.93. The van der Waals surface area contributed by atoms with Crippen molar-refractivity contribution < 1.29 is 32.0 Å². The molecule has 2 aromatic rings. The highest BCUT2D eigenvalue weighted by Crippen LogP contribution is 2.47. The van der Waals surface area contributed by atoms with Crippen LogP contribution in [0.5, 0.6) is 0 Å². The first-order valence-electron chi connectivity index (χ1n) is 10.4. The largest absolute Gasteiger partial charge is 0.471 e. The summed E-state index contributed by atoms with van der Waals surface area (Å²) in [5.74, 6) is -2.68. The number of alkyl halides is 3. The van der Waals surface area contributed by atoms with Crippen molar-refractivity contribution in [3.8, 4) is 23.5 Å². The molecule has 1 amide bonds. The average molecular weight is 473 g/mol. The summed E-state index contributed by atoms with van der Waals surface area (Å²) in [5, 5.41) is 21.8. The smallest absolute Gasteiger partial charge is 0.463 e. The second-order valence-corrected chi connectivity index (χ2v) is 8.37. The zero-order chi connectivity index (χ0) is 24.6. The van der Waals surface area contributed by atoms with Crippen molar-refractivity contribution in [2.24, 2.45) is 10.8 Å². The number of carbonyl (C=O) groups is 2. The zero-order valence-corrected chi connectivity index (χ0v) is 17.8. The molecule has 1 heterocycles. The number of carbonyl (C=O) groups excluding carboxylic acids is 2. The molecule has 4 rings (SSSR count). The van der Waals surface area contributed by atoms with Gasteiger partial charge in [-0.25, -0.2) is 0 Å². The monoisotopic (exact) mass is 473 g/mol. The predicted octanol–water partition coefficient (Wildman–Crippen LogP) is 3.23. The molecule has 2 saturated carbocycles. The van der Waals surface area contributed by atoms with Crippen LogP contribution in [0.25, 0.3) is 11.4 Å². The quantitative estimate of drug-likeness (QED) is 0.534. The molecule has 0 bridgehead atoms. The topological polar surface area (TPSA) is 133 Å². The molecule has 0 spiro atoms. The van der Waals surface area contributed by atoms with Crippen molar-refractivity contribution >= 4 is 11.9 Å². The lowest BCUT2D eigenvalue weighted by Crippen LogP contribution is -2.39. The molecule has 34 heavy (non-hydrogen) atoms. The standard InChI is InChI=1S/C22H18F3N5O4/c23-22(24,25)17-28-16(29-34-17)15-3-1-14(2-4-15)11-30(18(31)20(12-26)5-6-20)9-10-33-19(32)21(13-27)7-8-21/h1-4H,5-11H2. The summed E-state index contributed by atoms with van der Waals surface area (Å²) in [6.45, 7) is -0.0166. The van der Waals surface area contributed by atoms with Crippen molar-refractivity contribution in [3.05, 3.63) is 35.7 Å². The maximum absolute atomic E-state index is 13.0. The average Bonchev–Trinajstić information content (AvgIpc) is 3.74. The van der Waals surface area contributed by atoms with Crippen molar-refractivity contribution in [1.82, 2.24) is 15.0 Å². The summed E-state index contributed by atoms with van der Waals surface area (Å²) in [6, 6.07) is 10.2. The van der Waals surface area contributed by atoms with Gasteiger partial charge in [0.15, 0.2) is 5.41 Å². The molecule has 2 fully saturated rings. The van der Waals surface area contributed by atoms with Crippen LogP contribution in [0.15, 0.2) is 28.8 Å². The van der Waals surface area contributed by atoms with E-state index in [0.717, 1.165) is 0 Å². The number of rotatable bonds is 8. The van der Waals surface area contributed by atoms with E-state index in [4.69, 9.17) is 10.00 Å². The number of esters is 1. The molecule has 0 saturated heterocycles. The minimum atomic E-state index is -4.75. The van der Waals surface area contributed by atoms with Crippen LogP contribution in [0.4, 0.5) is 13.2 Å². The number of amides is 1. The van der Waals surface area contributed by atoms with E-state index in [9.17, 15) is 28.0 Å². The Morgan fingerprint density at radius 2 is 1.71 bits per heavy atom. The van der Waals surface area contributed by atoms with Gasteiger partial charge in [0.1, 0.15) is 12.0 Å². The van der Waals surface area contributed by atoms with Crippen molar-refractivity contribution in [3.63, 3.8) is 0 Å². The summed E-state index contributed by atoms with van der Waals surface area (Å²) in [6.07, 6.45) is -2.98. The molecule has 0 atom stereocenters. The molecule has 1 aromatic carbocycles. The van der Waals surface area contributed by atoms with Crippen LogP contribution < -0.4 is 0 Å². The summed E-state index contributed by atoms with van der Waals surface area (Å²) >= 11 is 0. The molecule has 1 aromatic heterocycles. The van der Waals surface area contributed by atoms with E-state index in [-0.39, 0.29) is 37.0 Å². The van der Waals surface area contributed by atoms with Crippen LogP contribution >= 0.6 is 0 Å². The SMILES string of the molecule is N#CC1(C(=O)OCCN(Cc2ccc(-c3noc(C(F)(F)F)n3)cc2)C(=O)C2(C#N)CC2)CC1. The minimum Gasteiger partial charge on any atom is -0.463 e. The van der Waals surface area contributed by atoms with E-state index in [1.807, 2.05) is 12.1 Å². The van der Waals surface area contributed by atoms with Gasteiger partial charge >= 0.3 is 18.0 Å². The Morgan fingerprint density at radius 1 is 1.09 bits per heavy atom. The van der Waals surface area contributed by atoms with Crippen molar-refractivity contribution in [1.29, 1.82) is 10.5 Å². The van der Waals surface area contributed by atoms with Crippen LogP contribution in [0.2, 0.25) is 0 Å². The van der Waals surface area contributed by atoms with Gasteiger partial charge in [-0.1, -0.05) is 29.4 Å². The molecule has 2 aliphatic rings. The van der Waals surface area contributed by atoms with Crippen LogP contribution in [-0.4, -0.2) is 40.1 Å². The van der Waals surface area contributed by atoms with Crippen molar-refractivity contribution in [2.45, 2.75) is 38.4 Å². The van der Waals surface area contributed by atoms with Gasteiger partial charge in [0, 0.05) is 12.1 Å². The van der Waals surface area contributed by atoms with Gasteiger partial charge in [-0.05, 0) is 31.2 Å². The van der Waals surface area contributed by atoms with Crippen LogP contribution in [0, 0.1) is 33.5 Å². The highest BCUT2D eigenvalue weighted by Gasteiger charge is 2.53. The molecular formula is C22H18F3N5O4. The zero-order valence-electron chi connectivity index (χ0n) is 17.8. The summed E-state index contributed by atoms with van der Waals surface area (Å²) < 4.78 is 47.4. The Balaban J connectivity index is 1.44. The summed E-state index contributed by atoms with van der Waals surface area (Å²) in [4.78, 5) is 29.8. The van der Waals surface area contributed by atoms with Crippen LogP contribution in [0.3, 0.4) is 0 Å². The summed E-state index contributed by atoms with van der Waals surface area (Å²) in [5.41, 5.74) is -1.26. The Labute approximate surface area is 191 Å². The lowest BCUT2D eigenvalue weighted by molar-refractivity contribution is -0.159. The number of nitrogens with zero attached hydrogens (tertiary/aromatic N) is 5. The molecule has 12 heteroatoms. The Kier molecular flexibility index (Phi) is 5.77. The maximum atomic E-state index is 13.0. The second kappa shape index (κ2) is 8.45. The molecule has 0 unspecified atom stereocenters. The maximum Gasteiger partial charge on any atom is 0.471 e. The second-order valence-electron chi connectivity index (χ2n) is 8.37. The van der Waals surface area contributed by atoms with E-state index in [1.165, 1.54) is 17.0 Å². The molecule has 0 aliphatic heterocycles. The Bertz CT molecular complexity index is 1180. The number of nitriles is 2. The first-order valence-corrected chi connectivity index (χ1v) is 10.4. The van der Waals surface area contributed by atoms with Gasteiger partial charge < -0.3 is 14.2 Å². The lowest BCUT2D eigenvalue weighted by atomic mass is 10.1. The fourth-order valence-electron chi connectivity index (χ4n) is 3.36. The van der Waals surface area contributed by atoms with Gasteiger partial charge in [0.25, 0.3) is 0 Å². The highest BCUT2D eigenvalue weighted by atomic mass is 19.4. The number of hydrogen-bond acceptors (Lipinski definition) is 8. The minimum absolute atomic E-state index is 0.0248. The molecule has 2 aliphatic carbocycles. The van der Waals surface area contributed by atoms with Gasteiger partial charge in [0.2, 0.25) is 11.7 Å². The fourth-order valence-corrected chi connectivity index (χ4v) is 3.36. The first kappa shape index (κ1) is 23.2. The number of aromatic nitrogens is 2. The van der Waals surface area contributed by atoms with E-state index in [0.29, 0.717) is 31.2 Å². The number of hydrogen-bond donors (Lipinski definition) is 0. The third-order valence-electron chi connectivity index (χ3n) is 5.86. The van der Waals surface area contributed by atoms with Crippen molar-refractivity contribution in [2.75, 3.05) is 13.2 Å². The molecule has 176 valence electrons. The van der Waals surface area contributed by atoms with Crippen LogP contribution in [-0.2, 0) is 27.0 Å². The number of benzene rings is 1. The van der Waals surface area contributed by atoms with Gasteiger partial charge in [0.05, 0.1) is 18.7 Å². The lowest BCUT2D eigenvalue weighted by Gasteiger charge is -2.25. The number of halogens is 3. The van der Waals surface area contributed by atoms with E-state index in [1.54, 1.807) is 12.1 Å². The Morgan fingerprint density at radius 3 is 2.21 bits per heavy atom. The highest BCUT2D eigenvalue weighted by molar-refractivity contribution is 5.88. The van der Waals surface area contributed by atoms with E-state index in [2.05, 4.69) is 14.7 Å². The molecule has 0 radical (unpaired) electrons. The summed E-state index contributed by atoms with van der Waals surface area (Å²) in [7, 11) is 0. The predicted molar refractivity (Wildman–Crippen MR) is 106 cm³/mol. The van der Waals surface area contributed by atoms with Gasteiger partial charge in [-0.2, -0.15) is 28.7 Å². The van der Waals surface area contributed by atoms with Gasteiger partial charge in [-0.3, -0.25) is 9.59 Å². The molecular weight excluding hydrogens is 455 g/mol. The fraction of sp³-hybridized carbons (Fsp3) is 0.455. The molecule has 9 nitrogen and oxygen atoms in total.